The Bertz CT molecular complexity index is 635. The first-order valence-corrected chi connectivity index (χ1v) is 6.80. The number of likely N-dealkylation sites (tertiary alicyclic amines) is 1. The van der Waals surface area contributed by atoms with E-state index in [2.05, 4.69) is 20.9 Å². The molecule has 0 saturated carbocycles. The number of aromatic nitrogens is 1. The summed E-state index contributed by atoms with van der Waals surface area (Å²) in [5.74, 6) is 0.120. The van der Waals surface area contributed by atoms with Gasteiger partial charge in [-0.15, -0.1) is 0 Å². The number of nitrogens with zero attached hydrogens (tertiary/aromatic N) is 2. The fourth-order valence-corrected chi connectivity index (χ4v) is 2.56. The number of fused-ring (bicyclic) bond motifs is 1. The van der Waals surface area contributed by atoms with Crippen LogP contribution in [0.1, 0.15) is 22.5 Å². The van der Waals surface area contributed by atoms with Crippen LogP contribution >= 0.6 is 15.9 Å². The first-order valence-electron chi connectivity index (χ1n) is 6.01. The summed E-state index contributed by atoms with van der Waals surface area (Å²) in [5.41, 5.74) is 2.52. The van der Waals surface area contributed by atoms with Crippen molar-refractivity contribution in [1.82, 2.24) is 9.88 Å². The Morgan fingerprint density at radius 2 is 2.11 bits per heavy atom. The molecular weight excluding hydrogens is 292 g/mol. The highest BCUT2D eigenvalue weighted by atomic mass is 79.9. The van der Waals surface area contributed by atoms with Crippen LogP contribution in [0.15, 0.2) is 28.7 Å². The zero-order valence-electron chi connectivity index (χ0n) is 10.1. The summed E-state index contributed by atoms with van der Waals surface area (Å²) in [4.78, 5) is 18.7. The predicted molar refractivity (Wildman–Crippen MR) is 74.7 cm³/mol. The van der Waals surface area contributed by atoms with E-state index in [0.29, 0.717) is 0 Å². The molecule has 4 heteroatoms. The van der Waals surface area contributed by atoms with Crippen LogP contribution in [0.5, 0.6) is 0 Å². The van der Waals surface area contributed by atoms with E-state index in [-0.39, 0.29) is 5.91 Å². The summed E-state index contributed by atoms with van der Waals surface area (Å²) in [5, 5.41) is 0.923. The third kappa shape index (κ3) is 1.90. The average molecular weight is 305 g/mol. The van der Waals surface area contributed by atoms with Crippen LogP contribution in [0.25, 0.3) is 10.9 Å². The van der Waals surface area contributed by atoms with Gasteiger partial charge in [0.2, 0.25) is 0 Å². The maximum Gasteiger partial charge on any atom is 0.254 e. The van der Waals surface area contributed by atoms with E-state index < -0.39 is 0 Å². The lowest BCUT2D eigenvalue weighted by Crippen LogP contribution is -2.42. The topological polar surface area (TPSA) is 33.2 Å². The monoisotopic (exact) mass is 304 g/mol. The van der Waals surface area contributed by atoms with Crippen LogP contribution in [0.2, 0.25) is 0 Å². The second kappa shape index (κ2) is 4.35. The van der Waals surface area contributed by atoms with E-state index in [0.717, 1.165) is 46.1 Å². The van der Waals surface area contributed by atoms with Crippen molar-refractivity contribution in [2.75, 3.05) is 13.1 Å². The molecule has 0 bridgehead atoms. The molecule has 1 aromatic carbocycles. The first kappa shape index (κ1) is 11.7. The Morgan fingerprint density at radius 1 is 1.33 bits per heavy atom. The predicted octanol–water partition coefficient (Wildman–Crippen LogP) is 3.15. The molecule has 92 valence electrons. The van der Waals surface area contributed by atoms with Crippen LogP contribution in [-0.4, -0.2) is 28.9 Å². The quantitative estimate of drug-likeness (QED) is 0.811. The van der Waals surface area contributed by atoms with Crippen molar-refractivity contribution in [2.45, 2.75) is 13.3 Å². The van der Waals surface area contributed by atoms with Gasteiger partial charge in [0.1, 0.15) is 0 Å². The number of hydrogen-bond acceptors (Lipinski definition) is 2. The van der Waals surface area contributed by atoms with Crippen molar-refractivity contribution in [3.05, 3.63) is 40.0 Å². The molecule has 0 N–H and O–H groups in total. The number of amides is 1. The number of aryl methyl sites for hydroxylation is 1. The molecule has 1 fully saturated rings. The van der Waals surface area contributed by atoms with E-state index in [1.807, 2.05) is 36.1 Å². The summed E-state index contributed by atoms with van der Waals surface area (Å²) >= 11 is 3.45. The van der Waals surface area contributed by atoms with Crippen LogP contribution in [-0.2, 0) is 0 Å². The van der Waals surface area contributed by atoms with Gasteiger partial charge < -0.3 is 4.90 Å². The van der Waals surface area contributed by atoms with Crippen molar-refractivity contribution in [3.8, 4) is 0 Å². The minimum absolute atomic E-state index is 0.120. The number of carbonyl (C=O) groups excluding carboxylic acids is 1. The Hall–Kier alpha value is -1.42. The van der Waals surface area contributed by atoms with Gasteiger partial charge in [0.25, 0.3) is 5.91 Å². The number of pyridine rings is 1. The number of halogens is 1. The van der Waals surface area contributed by atoms with Crippen molar-refractivity contribution < 1.29 is 4.79 Å². The molecular formula is C14H13BrN2O. The summed E-state index contributed by atoms with van der Waals surface area (Å²) in [6.45, 7) is 3.67. The maximum absolute atomic E-state index is 12.4. The molecule has 2 aromatic rings. The summed E-state index contributed by atoms with van der Waals surface area (Å²) < 4.78 is 0.971. The van der Waals surface area contributed by atoms with E-state index in [1.165, 1.54) is 0 Å². The number of benzene rings is 1. The lowest BCUT2D eigenvalue weighted by Gasteiger charge is -2.31. The van der Waals surface area contributed by atoms with Gasteiger partial charge in [0, 0.05) is 28.6 Å². The minimum atomic E-state index is 0.120. The Kier molecular flexibility index (Phi) is 2.82. The third-order valence-electron chi connectivity index (χ3n) is 3.27. The number of hydrogen-bond donors (Lipinski definition) is 0. The molecule has 1 aromatic heterocycles. The molecule has 3 rings (SSSR count). The van der Waals surface area contributed by atoms with E-state index in [4.69, 9.17) is 0 Å². The van der Waals surface area contributed by atoms with Crippen molar-refractivity contribution >= 4 is 32.7 Å². The van der Waals surface area contributed by atoms with Crippen molar-refractivity contribution in [1.29, 1.82) is 0 Å². The lowest BCUT2D eigenvalue weighted by atomic mass is 10.0. The summed E-state index contributed by atoms with van der Waals surface area (Å²) in [6, 6.07) is 7.75. The van der Waals surface area contributed by atoms with Gasteiger partial charge in [-0.25, -0.2) is 0 Å². The van der Waals surface area contributed by atoms with E-state index in [9.17, 15) is 4.79 Å². The van der Waals surface area contributed by atoms with Gasteiger partial charge in [0.05, 0.1) is 11.1 Å². The van der Waals surface area contributed by atoms with E-state index in [1.54, 1.807) is 0 Å². The highest BCUT2D eigenvalue weighted by Gasteiger charge is 2.23. The van der Waals surface area contributed by atoms with Gasteiger partial charge in [-0.3, -0.25) is 9.78 Å². The molecule has 1 aliphatic rings. The fraction of sp³-hybridized carbons (Fsp3) is 0.286. The minimum Gasteiger partial charge on any atom is -0.338 e. The van der Waals surface area contributed by atoms with Crippen molar-refractivity contribution in [2.24, 2.45) is 0 Å². The molecule has 1 amide bonds. The van der Waals surface area contributed by atoms with Crippen LogP contribution in [0.3, 0.4) is 0 Å². The molecule has 0 atom stereocenters. The van der Waals surface area contributed by atoms with Gasteiger partial charge in [-0.1, -0.05) is 15.9 Å². The summed E-state index contributed by atoms with van der Waals surface area (Å²) in [7, 11) is 0. The lowest BCUT2D eigenvalue weighted by molar-refractivity contribution is 0.0653. The number of rotatable bonds is 1. The smallest absolute Gasteiger partial charge is 0.254 e. The molecule has 0 spiro atoms. The van der Waals surface area contributed by atoms with Crippen molar-refractivity contribution in [3.63, 3.8) is 0 Å². The largest absolute Gasteiger partial charge is 0.338 e. The van der Waals surface area contributed by atoms with Crippen LogP contribution in [0.4, 0.5) is 0 Å². The third-order valence-corrected chi connectivity index (χ3v) is 3.77. The van der Waals surface area contributed by atoms with Crippen LogP contribution < -0.4 is 0 Å². The molecule has 0 radical (unpaired) electrons. The Labute approximate surface area is 114 Å². The second-order valence-electron chi connectivity index (χ2n) is 4.62. The van der Waals surface area contributed by atoms with Crippen LogP contribution in [0, 0.1) is 6.92 Å². The highest BCUT2D eigenvalue weighted by Crippen LogP contribution is 2.25. The molecule has 1 aliphatic heterocycles. The fourth-order valence-electron chi connectivity index (χ4n) is 2.20. The summed E-state index contributed by atoms with van der Waals surface area (Å²) in [6.07, 6.45) is 1.11. The Balaban J connectivity index is 2.19. The van der Waals surface area contributed by atoms with E-state index >= 15 is 0 Å². The molecule has 3 nitrogen and oxygen atoms in total. The van der Waals surface area contributed by atoms with Gasteiger partial charge in [-0.2, -0.15) is 0 Å². The normalized spacial score (nSPS) is 14.7. The SMILES string of the molecule is Cc1cc(C(=O)N2CCC2)c2cc(Br)ccc2n1. The molecule has 18 heavy (non-hydrogen) atoms. The molecule has 2 heterocycles. The average Bonchev–Trinajstić information content (AvgIpc) is 2.26. The maximum atomic E-state index is 12.4. The first-order chi connectivity index (χ1) is 8.65. The van der Waals surface area contributed by atoms with Gasteiger partial charge >= 0.3 is 0 Å². The number of carbonyl (C=O) groups is 1. The van der Waals surface area contributed by atoms with Gasteiger partial charge in [-0.05, 0) is 37.6 Å². The zero-order chi connectivity index (χ0) is 12.7. The Morgan fingerprint density at radius 3 is 2.78 bits per heavy atom. The molecule has 0 aliphatic carbocycles. The highest BCUT2D eigenvalue weighted by molar-refractivity contribution is 9.10. The zero-order valence-corrected chi connectivity index (χ0v) is 11.7. The van der Waals surface area contributed by atoms with Gasteiger partial charge in [0.15, 0.2) is 0 Å². The standard InChI is InChI=1S/C14H13BrN2O/c1-9-7-12(14(18)17-5-2-6-17)11-8-10(15)3-4-13(11)16-9/h3-4,7-8H,2,5-6H2,1H3. The molecule has 0 unspecified atom stereocenters. The molecule has 1 saturated heterocycles. The second-order valence-corrected chi connectivity index (χ2v) is 5.53.